The Labute approximate surface area is 137 Å². The van der Waals surface area contributed by atoms with Gasteiger partial charge < -0.3 is 13.7 Å². The van der Waals surface area contributed by atoms with Crippen LogP contribution in [-0.4, -0.2) is 27.4 Å². The summed E-state index contributed by atoms with van der Waals surface area (Å²) in [6.45, 7) is 1.98. The summed E-state index contributed by atoms with van der Waals surface area (Å²) in [6, 6.07) is 7.76. The Balaban J connectivity index is 1.59. The van der Waals surface area contributed by atoms with Crippen LogP contribution >= 0.6 is 11.8 Å². The average Bonchev–Trinajstić information content (AvgIpc) is 3.22. The molecule has 2 aromatic heterocycles. The van der Waals surface area contributed by atoms with E-state index >= 15 is 0 Å². The van der Waals surface area contributed by atoms with Crippen LogP contribution < -0.4 is 4.74 Å². The van der Waals surface area contributed by atoms with Gasteiger partial charge in [-0.3, -0.25) is 0 Å². The molecule has 120 valence electrons. The number of methoxy groups -OCH3 is 1. The van der Waals surface area contributed by atoms with Crippen LogP contribution in [0, 0.1) is 0 Å². The van der Waals surface area contributed by atoms with E-state index in [0.717, 1.165) is 17.7 Å². The van der Waals surface area contributed by atoms with Crippen molar-refractivity contribution in [2.75, 3.05) is 7.11 Å². The van der Waals surface area contributed by atoms with Gasteiger partial charge in [-0.05, 0) is 17.7 Å². The van der Waals surface area contributed by atoms with Crippen molar-refractivity contribution in [2.45, 2.75) is 30.7 Å². The number of benzene rings is 1. The standard InChI is InChI=1S/C15H16N4O3S/c1-3-12-16-14(22-19-12)9-23-15-18-17-13(21-15)8-10-5-4-6-11(7-10)20-2/h4-7H,3,8-9H2,1-2H3. The third-order valence-corrected chi connectivity index (χ3v) is 3.89. The van der Waals surface area contributed by atoms with Gasteiger partial charge in [0.05, 0.1) is 19.3 Å². The molecule has 7 nitrogen and oxygen atoms in total. The molecule has 3 aromatic rings. The second-order valence-electron chi connectivity index (χ2n) is 4.74. The van der Waals surface area contributed by atoms with E-state index in [2.05, 4.69) is 20.3 Å². The predicted molar refractivity (Wildman–Crippen MR) is 83.3 cm³/mol. The normalized spacial score (nSPS) is 10.9. The molecule has 0 aliphatic rings. The van der Waals surface area contributed by atoms with Gasteiger partial charge in [0.15, 0.2) is 5.82 Å². The van der Waals surface area contributed by atoms with Crippen molar-refractivity contribution in [3.05, 3.63) is 47.4 Å². The van der Waals surface area contributed by atoms with E-state index in [-0.39, 0.29) is 0 Å². The zero-order valence-electron chi connectivity index (χ0n) is 12.9. The first-order valence-electron chi connectivity index (χ1n) is 7.16. The van der Waals surface area contributed by atoms with Crippen LogP contribution in [0.25, 0.3) is 0 Å². The van der Waals surface area contributed by atoms with Gasteiger partial charge >= 0.3 is 0 Å². The number of rotatable bonds is 7. The molecular formula is C15H16N4O3S. The molecule has 0 bridgehead atoms. The number of nitrogens with zero attached hydrogens (tertiary/aromatic N) is 4. The maximum Gasteiger partial charge on any atom is 0.277 e. The lowest BCUT2D eigenvalue weighted by Crippen LogP contribution is -1.90. The minimum absolute atomic E-state index is 0.485. The SMILES string of the molecule is CCc1noc(CSc2nnc(Cc3cccc(OC)c3)o2)n1. The van der Waals surface area contributed by atoms with Crippen LogP contribution in [0.1, 0.15) is 30.1 Å². The molecule has 2 heterocycles. The monoisotopic (exact) mass is 332 g/mol. The Morgan fingerprint density at radius 3 is 2.91 bits per heavy atom. The second kappa shape index (κ2) is 7.28. The van der Waals surface area contributed by atoms with E-state index in [4.69, 9.17) is 13.7 Å². The number of aromatic nitrogens is 4. The third-order valence-electron chi connectivity index (χ3n) is 3.08. The second-order valence-corrected chi connectivity index (χ2v) is 5.66. The van der Waals surface area contributed by atoms with E-state index in [1.807, 2.05) is 31.2 Å². The van der Waals surface area contributed by atoms with E-state index in [1.54, 1.807) is 7.11 Å². The summed E-state index contributed by atoms with van der Waals surface area (Å²) in [5, 5.41) is 12.4. The molecule has 0 spiro atoms. The predicted octanol–water partition coefficient (Wildman–Crippen LogP) is 2.91. The fourth-order valence-electron chi connectivity index (χ4n) is 1.94. The van der Waals surface area contributed by atoms with Crippen LogP contribution in [0.15, 0.2) is 38.4 Å². The van der Waals surface area contributed by atoms with Crippen molar-refractivity contribution in [1.82, 2.24) is 20.3 Å². The van der Waals surface area contributed by atoms with Gasteiger partial charge in [-0.1, -0.05) is 36.0 Å². The van der Waals surface area contributed by atoms with Crippen molar-refractivity contribution >= 4 is 11.8 Å². The highest BCUT2D eigenvalue weighted by molar-refractivity contribution is 7.98. The van der Waals surface area contributed by atoms with Gasteiger partial charge in [0.2, 0.25) is 11.8 Å². The lowest BCUT2D eigenvalue weighted by molar-refractivity contribution is 0.384. The van der Waals surface area contributed by atoms with E-state index in [1.165, 1.54) is 11.8 Å². The van der Waals surface area contributed by atoms with Crippen molar-refractivity contribution in [1.29, 1.82) is 0 Å². The fourth-order valence-corrected chi connectivity index (χ4v) is 2.56. The number of thioether (sulfide) groups is 1. The van der Waals surface area contributed by atoms with Gasteiger partial charge in [-0.2, -0.15) is 4.98 Å². The van der Waals surface area contributed by atoms with Gasteiger partial charge in [0.1, 0.15) is 5.75 Å². The van der Waals surface area contributed by atoms with Crippen LogP contribution in [0.5, 0.6) is 5.75 Å². The molecule has 0 atom stereocenters. The summed E-state index contributed by atoms with van der Waals surface area (Å²) >= 11 is 1.38. The molecule has 0 fully saturated rings. The van der Waals surface area contributed by atoms with Crippen molar-refractivity contribution in [3.63, 3.8) is 0 Å². The molecule has 0 saturated carbocycles. The third kappa shape index (κ3) is 4.10. The van der Waals surface area contributed by atoms with E-state index < -0.39 is 0 Å². The Morgan fingerprint density at radius 2 is 2.13 bits per heavy atom. The van der Waals surface area contributed by atoms with E-state index in [0.29, 0.717) is 35.0 Å². The maximum atomic E-state index is 5.63. The largest absolute Gasteiger partial charge is 0.497 e. The average molecular weight is 332 g/mol. The van der Waals surface area contributed by atoms with Crippen molar-refractivity contribution in [3.8, 4) is 5.75 Å². The summed E-state index contributed by atoms with van der Waals surface area (Å²) in [7, 11) is 1.64. The maximum absolute atomic E-state index is 5.63. The highest BCUT2D eigenvalue weighted by atomic mass is 32.2. The number of hydrogen-bond donors (Lipinski definition) is 0. The minimum atomic E-state index is 0.485. The molecule has 23 heavy (non-hydrogen) atoms. The molecular weight excluding hydrogens is 316 g/mol. The van der Waals surface area contributed by atoms with Gasteiger partial charge in [0.25, 0.3) is 5.22 Å². The zero-order valence-corrected chi connectivity index (χ0v) is 13.7. The summed E-state index contributed by atoms with van der Waals surface area (Å²) in [4.78, 5) is 4.24. The van der Waals surface area contributed by atoms with Gasteiger partial charge in [0, 0.05) is 6.42 Å². The molecule has 0 amide bonds. The van der Waals surface area contributed by atoms with Crippen molar-refractivity contribution in [2.24, 2.45) is 0 Å². The Kier molecular flexibility index (Phi) is 4.92. The number of aryl methyl sites for hydroxylation is 1. The molecule has 0 saturated heterocycles. The summed E-state index contributed by atoms with van der Waals surface area (Å²) in [5.41, 5.74) is 1.05. The molecule has 8 heteroatoms. The lowest BCUT2D eigenvalue weighted by Gasteiger charge is -2.01. The molecule has 1 aromatic carbocycles. The highest BCUT2D eigenvalue weighted by Gasteiger charge is 2.11. The van der Waals surface area contributed by atoms with E-state index in [9.17, 15) is 0 Å². The first kappa shape index (κ1) is 15.5. The number of ether oxygens (including phenoxy) is 1. The quantitative estimate of drug-likeness (QED) is 0.610. The first-order chi connectivity index (χ1) is 11.3. The van der Waals surface area contributed by atoms with Crippen LogP contribution in [0.4, 0.5) is 0 Å². The smallest absolute Gasteiger partial charge is 0.277 e. The summed E-state index contributed by atoms with van der Waals surface area (Å²) < 4.78 is 15.9. The molecule has 0 N–H and O–H groups in total. The Bertz CT molecular complexity index is 771. The number of hydrogen-bond acceptors (Lipinski definition) is 8. The van der Waals surface area contributed by atoms with Crippen LogP contribution in [-0.2, 0) is 18.6 Å². The van der Waals surface area contributed by atoms with Crippen molar-refractivity contribution < 1.29 is 13.7 Å². The molecule has 0 radical (unpaired) electrons. The molecule has 0 unspecified atom stereocenters. The minimum Gasteiger partial charge on any atom is -0.497 e. The molecule has 0 aliphatic carbocycles. The topological polar surface area (TPSA) is 87.1 Å². The zero-order chi connectivity index (χ0) is 16.1. The van der Waals surface area contributed by atoms with Crippen LogP contribution in [0.3, 0.4) is 0 Å². The van der Waals surface area contributed by atoms with Crippen LogP contribution in [0.2, 0.25) is 0 Å². The molecule has 3 rings (SSSR count). The summed E-state index contributed by atoms with van der Waals surface area (Å²) in [6.07, 6.45) is 1.31. The van der Waals surface area contributed by atoms with Gasteiger partial charge in [-0.15, -0.1) is 10.2 Å². The highest BCUT2D eigenvalue weighted by Crippen LogP contribution is 2.22. The fraction of sp³-hybridized carbons (Fsp3) is 0.333. The lowest BCUT2D eigenvalue weighted by atomic mass is 10.1. The molecule has 0 aliphatic heterocycles. The Hall–Kier alpha value is -2.35. The Morgan fingerprint density at radius 1 is 1.22 bits per heavy atom. The summed E-state index contributed by atoms with van der Waals surface area (Å²) in [5.74, 6) is 3.12. The van der Waals surface area contributed by atoms with Gasteiger partial charge in [-0.25, -0.2) is 0 Å². The first-order valence-corrected chi connectivity index (χ1v) is 8.15.